The van der Waals surface area contributed by atoms with E-state index in [4.69, 9.17) is 16.7 Å². The molecule has 1 N–H and O–H groups in total. The standard InChI is InChI=1S/C16H11ClN2O3S/c1-9-12(7-4-10-2-5-11(17)6-3-10)18-16-19(14(9)20)8-13(23-16)15(21)22/h2-8H,1H3,(H,21,22)/b7-4+. The first kappa shape index (κ1) is 15.5. The van der Waals surface area contributed by atoms with Crippen LogP contribution in [0.1, 0.15) is 26.5 Å². The van der Waals surface area contributed by atoms with Gasteiger partial charge in [0.2, 0.25) is 0 Å². The van der Waals surface area contributed by atoms with Gasteiger partial charge in [-0.2, -0.15) is 0 Å². The van der Waals surface area contributed by atoms with Gasteiger partial charge in [-0.25, -0.2) is 9.78 Å². The fourth-order valence-electron chi connectivity index (χ4n) is 2.06. The molecule has 1 aromatic carbocycles. The Morgan fingerprint density at radius 2 is 2.00 bits per heavy atom. The van der Waals surface area contributed by atoms with Crippen LogP contribution in [0.15, 0.2) is 35.3 Å². The number of fused-ring (bicyclic) bond motifs is 1. The molecule has 116 valence electrons. The lowest BCUT2D eigenvalue weighted by Crippen LogP contribution is -2.17. The Morgan fingerprint density at radius 1 is 1.30 bits per heavy atom. The van der Waals surface area contributed by atoms with Gasteiger partial charge in [-0.15, -0.1) is 0 Å². The Hall–Kier alpha value is -2.44. The van der Waals surface area contributed by atoms with Crippen molar-refractivity contribution in [1.82, 2.24) is 9.38 Å². The zero-order valence-corrected chi connectivity index (χ0v) is 13.6. The van der Waals surface area contributed by atoms with Crippen molar-refractivity contribution in [3.8, 4) is 0 Å². The summed E-state index contributed by atoms with van der Waals surface area (Å²) in [6, 6.07) is 7.26. The highest BCUT2D eigenvalue weighted by Gasteiger charge is 2.13. The molecule has 3 aromatic rings. The van der Waals surface area contributed by atoms with E-state index in [0.29, 0.717) is 21.2 Å². The number of carboxylic acids is 1. The molecular formula is C16H11ClN2O3S. The number of hydrogen-bond donors (Lipinski definition) is 1. The monoisotopic (exact) mass is 346 g/mol. The van der Waals surface area contributed by atoms with Crippen LogP contribution >= 0.6 is 22.9 Å². The fraction of sp³-hybridized carbons (Fsp3) is 0.0625. The van der Waals surface area contributed by atoms with E-state index < -0.39 is 5.97 Å². The molecule has 23 heavy (non-hydrogen) atoms. The van der Waals surface area contributed by atoms with Crippen LogP contribution in [-0.2, 0) is 0 Å². The lowest BCUT2D eigenvalue weighted by atomic mass is 10.1. The van der Waals surface area contributed by atoms with E-state index in [0.717, 1.165) is 16.9 Å². The van der Waals surface area contributed by atoms with Gasteiger partial charge in [-0.05, 0) is 30.7 Å². The predicted molar refractivity (Wildman–Crippen MR) is 91.4 cm³/mol. The van der Waals surface area contributed by atoms with Crippen LogP contribution in [0.3, 0.4) is 0 Å². The second-order valence-corrected chi connectivity index (χ2v) is 6.31. The summed E-state index contributed by atoms with van der Waals surface area (Å²) in [4.78, 5) is 28.2. The third-order valence-electron chi connectivity index (χ3n) is 3.31. The summed E-state index contributed by atoms with van der Waals surface area (Å²) < 4.78 is 1.27. The maximum absolute atomic E-state index is 12.3. The summed E-state index contributed by atoms with van der Waals surface area (Å²) in [5.74, 6) is -1.07. The number of carbonyl (C=O) groups is 1. The minimum absolute atomic E-state index is 0.0767. The molecular weight excluding hydrogens is 336 g/mol. The van der Waals surface area contributed by atoms with Crippen LogP contribution in [0.25, 0.3) is 17.1 Å². The molecule has 7 heteroatoms. The molecule has 0 atom stereocenters. The summed E-state index contributed by atoms with van der Waals surface area (Å²) in [6.07, 6.45) is 4.87. The molecule has 5 nitrogen and oxygen atoms in total. The number of benzene rings is 1. The average Bonchev–Trinajstić information content (AvgIpc) is 2.95. The lowest BCUT2D eigenvalue weighted by Gasteiger charge is -2.00. The zero-order valence-electron chi connectivity index (χ0n) is 12.0. The van der Waals surface area contributed by atoms with Crippen molar-refractivity contribution in [3.05, 3.63) is 67.5 Å². The van der Waals surface area contributed by atoms with Crippen LogP contribution in [0.5, 0.6) is 0 Å². The number of nitrogens with zero attached hydrogens (tertiary/aromatic N) is 2. The van der Waals surface area contributed by atoms with Gasteiger partial charge in [0.1, 0.15) is 4.88 Å². The molecule has 0 amide bonds. The van der Waals surface area contributed by atoms with E-state index in [1.807, 2.05) is 18.2 Å². The van der Waals surface area contributed by atoms with E-state index in [9.17, 15) is 9.59 Å². The Kier molecular flexibility index (Phi) is 4.02. The molecule has 0 radical (unpaired) electrons. The molecule has 2 aromatic heterocycles. The molecule has 0 spiro atoms. The topological polar surface area (TPSA) is 71.7 Å². The average molecular weight is 347 g/mol. The maximum atomic E-state index is 12.3. The summed E-state index contributed by atoms with van der Waals surface area (Å²) >= 11 is 6.81. The van der Waals surface area contributed by atoms with E-state index in [2.05, 4.69) is 4.98 Å². The van der Waals surface area contributed by atoms with Gasteiger partial charge in [-0.1, -0.05) is 41.1 Å². The smallest absolute Gasteiger partial charge is 0.347 e. The molecule has 0 bridgehead atoms. The Bertz CT molecular complexity index is 987. The summed E-state index contributed by atoms with van der Waals surface area (Å²) in [6.45, 7) is 1.67. The van der Waals surface area contributed by atoms with Gasteiger partial charge in [-0.3, -0.25) is 9.20 Å². The second kappa shape index (κ2) is 5.98. The largest absolute Gasteiger partial charge is 0.477 e. The van der Waals surface area contributed by atoms with Crippen molar-refractivity contribution in [1.29, 1.82) is 0 Å². The van der Waals surface area contributed by atoms with Gasteiger partial charge in [0, 0.05) is 16.8 Å². The van der Waals surface area contributed by atoms with E-state index in [1.54, 1.807) is 25.1 Å². The van der Waals surface area contributed by atoms with Gasteiger partial charge >= 0.3 is 5.97 Å². The molecule has 0 unspecified atom stereocenters. The van der Waals surface area contributed by atoms with Crippen molar-refractivity contribution < 1.29 is 9.90 Å². The van der Waals surface area contributed by atoms with E-state index >= 15 is 0 Å². The fourth-order valence-corrected chi connectivity index (χ4v) is 3.00. The summed E-state index contributed by atoms with van der Waals surface area (Å²) in [5.41, 5.74) is 1.63. The number of carboxylic acid groups (broad SMARTS) is 1. The normalized spacial score (nSPS) is 11.4. The van der Waals surface area contributed by atoms with Gasteiger partial charge in [0.05, 0.1) is 5.69 Å². The number of rotatable bonds is 3. The number of hydrogen-bond acceptors (Lipinski definition) is 4. The Morgan fingerprint density at radius 3 is 2.65 bits per heavy atom. The molecule has 0 aliphatic carbocycles. The van der Waals surface area contributed by atoms with Gasteiger partial charge in [0.25, 0.3) is 5.56 Å². The van der Waals surface area contributed by atoms with Gasteiger partial charge < -0.3 is 5.11 Å². The first-order valence-corrected chi connectivity index (χ1v) is 7.85. The molecule has 0 aliphatic heterocycles. The molecule has 0 saturated heterocycles. The first-order chi connectivity index (χ1) is 11.0. The van der Waals surface area contributed by atoms with Crippen LogP contribution in [0.4, 0.5) is 0 Å². The molecule has 0 fully saturated rings. The number of aromatic carboxylic acids is 1. The Labute approximate surface area is 140 Å². The van der Waals surface area contributed by atoms with Crippen molar-refractivity contribution in [2.24, 2.45) is 0 Å². The molecule has 0 aliphatic rings. The highest BCUT2D eigenvalue weighted by Crippen LogP contribution is 2.17. The second-order valence-electron chi connectivity index (χ2n) is 4.87. The van der Waals surface area contributed by atoms with Crippen molar-refractivity contribution >= 4 is 46.0 Å². The minimum Gasteiger partial charge on any atom is -0.477 e. The summed E-state index contributed by atoms with van der Waals surface area (Å²) in [7, 11) is 0. The quantitative estimate of drug-likeness (QED) is 0.786. The summed E-state index contributed by atoms with van der Waals surface area (Å²) in [5, 5.41) is 9.68. The predicted octanol–water partition coefficient (Wildman–Crippen LogP) is 3.59. The molecule has 2 heterocycles. The Balaban J connectivity index is 2.07. The third-order valence-corrected chi connectivity index (χ3v) is 4.53. The van der Waals surface area contributed by atoms with Crippen LogP contribution in [0.2, 0.25) is 5.02 Å². The SMILES string of the molecule is Cc1c(/C=C/c2ccc(Cl)cc2)nc2sc(C(=O)O)cn2c1=O. The van der Waals surface area contributed by atoms with Gasteiger partial charge in [0.15, 0.2) is 4.96 Å². The number of thiazole rings is 1. The first-order valence-electron chi connectivity index (χ1n) is 6.65. The number of halogens is 1. The molecule has 3 rings (SSSR count). The van der Waals surface area contributed by atoms with Crippen molar-refractivity contribution in [2.45, 2.75) is 6.92 Å². The number of aromatic nitrogens is 2. The highest BCUT2D eigenvalue weighted by atomic mass is 35.5. The third kappa shape index (κ3) is 3.04. The minimum atomic E-state index is -1.07. The zero-order chi connectivity index (χ0) is 16.6. The molecule has 0 saturated carbocycles. The van der Waals surface area contributed by atoms with Crippen LogP contribution in [-0.4, -0.2) is 20.5 Å². The van der Waals surface area contributed by atoms with Crippen molar-refractivity contribution in [3.63, 3.8) is 0 Å². The lowest BCUT2D eigenvalue weighted by molar-refractivity contribution is 0.0702. The van der Waals surface area contributed by atoms with Crippen LogP contribution in [0, 0.1) is 6.92 Å². The van der Waals surface area contributed by atoms with E-state index in [1.165, 1.54) is 10.6 Å². The highest BCUT2D eigenvalue weighted by molar-refractivity contribution is 7.18. The van der Waals surface area contributed by atoms with Crippen LogP contribution < -0.4 is 5.56 Å². The van der Waals surface area contributed by atoms with Crippen molar-refractivity contribution in [2.75, 3.05) is 0 Å². The maximum Gasteiger partial charge on any atom is 0.347 e. The van der Waals surface area contributed by atoms with E-state index in [-0.39, 0.29) is 10.4 Å².